The number of benzene rings is 2. The third-order valence-electron chi connectivity index (χ3n) is 5.73. The Kier molecular flexibility index (Phi) is 5.50. The van der Waals surface area contributed by atoms with Gasteiger partial charge in [-0.05, 0) is 56.4 Å². The molecule has 0 unspecified atom stereocenters. The van der Waals surface area contributed by atoms with Crippen LogP contribution >= 0.6 is 0 Å². The van der Waals surface area contributed by atoms with Crippen LogP contribution < -0.4 is 10.1 Å². The highest BCUT2D eigenvalue weighted by Crippen LogP contribution is 2.38. The second-order valence-electron chi connectivity index (χ2n) is 7.83. The number of rotatable bonds is 5. The summed E-state index contributed by atoms with van der Waals surface area (Å²) < 4.78 is 11.6. The second kappa shape index (κ2) is 8.26. The maximum Gasteiger partial charge on any atom is 0.269 e. The lowest BCUT2D eigenvalue weighted by Crippen LogP contribution is -2.10. The van der Waals surface area contributed by atoms with Gasteiger partial charge in [0.15, 0.2) is 0 Å². The number of allylic oxidation sites excluding steroid dienone is 1. The van der Waals surface area contributed by atoms with Crippen LogP contribution in [0.1, 0.15) is 42.2 Å². The predicted molar refractivity (Wildman–Crippen MR) is 120 cm³/mol. The number of nitro groups is 1. The van der Waals surface area contributed by atoms with E-state index in [1.54, 1.807) is 20.1 Å². The highest BCUT2D eigenvalue weighted by atomic mass is 16.6. The van der Waals surface area contributed by atoms with Gasteiger partial charge in [0, 0.05) is 52.9 Å². The smallest absolute Gasteiger partial charge is 0.269 e. The first-order valence-electron chi connectivity index (χ1n) is 10.2. The summed E-state index contributed by atoms with van der Waals surface area (Å²) in [5.41, 5.74) is 4.80. The number of nitro benzene ring substituents is 1. The molecule has 0 aliphatic heterocycles. The van der Waals surface area contributed by atoms with E-state index in [1.165, 1.54) is 23.8 Å². The van der Waals surface area contributed by atoms with E-state index in [4.69, 9.17) is 9.15 Å². The first kappa shape index (κ1) is 20.7. The molecular weight excluding hydrogens is 396 g/mol. The molecule has 1 aliphatic carbocycles. The topological polar surface area (TPSA) is 94.6 Å². The zero-order valence-electron chi connectivity index (χ0n) is 17.8. The van der Waals surface area contributed by atoms with Gasteiger partial charge in [-0.25, -0.2) is 0 Å². The molecule has 0 fully saturated rings. The molecule has 0 spiro atoms. The molecular formula is C24H24N2O5. The van der Waals surface area contributed by atoms with Crippen LogP contribution in [-0.2, 0) is 17.6 Å². The summed E-state index contributed by atoms with van der Waals surface area (Å²) in [6.07, 6.45) is 5.74. The van der Waals surface area contributed by atoms with E-state index < -0.39 is 4.92 Å². The zero-order chi connectivity index (χ0) is 22.1. The van der Waals surface area contributed by atoms with Crippen LogP contribution in [0, 0.1) is 17.0 Å². The van der Waals surface area contributed by atoms with Gasteiger partial charge < -0.3 is 14.5 Å². The number of furan rings is 1. The van der Waals surface area contributed by atoms with Gasteiger partial charge in [0.25, 0.3) is 5.69 Å². The van der Waals surface area contributed by atoms with E-state index in [0.717, 1.165) is 53.5 Å². The maximum atomic E-state index is 12.6. The van der Waals surface area contributed by atoms with E-state index >= 15 is 0 Å². The van der Waals surface area contributed by atoms with Crippen LogP contribution in [-0.4, -0.2) is 17.9 Å². The Bertz CT molecular complexity index is 1220. The first-order valence-corrected chi connectivity index (χ1v) is 10.2. The number of methoxy groups -OCH3 is 1. The quantitative estimate of drug-likeness (QED) is 0.330. The van der Waals surface area contributed by atoms with Gasteiger partial charge in [0.05, 0.1) is 12.0 Å². The van der Waals surface area contributed by atoms with Crippen LogP contribution in [0.4, 0.5) is 11.4 Å². The van der Waals surface area contributed by atoms with Gasteiger partial charge in [0.1, 0.15) is 17.1 Å². The number of hydrogen-bond donors (Lipinski definition) is 1. The van der Waals surface area contributed by atoms with Crippen LogP contribution in [0.25, 0.3) is 16.5 Å². The predicted octanol–water partition coefficient (Wildman–Crippen LogP) is 5.58. The Morgan fingerprint density at radius 1 is 1.23 bits per heavy atom. The monoisotopic (exact) mass is 420 g/mol. The van der Waals surface area contributed by atoms with Crippen molar-refractivity contribution in [2.75, 3.05) is 12.4 Å². The second-order valence-corrected chi connectivity index (χ2v) is 7.83. The van der Waals surface area contributed by atoms with Crippen molar-refractivity contribution in [3.05, 3.63) is 69.0 Å². The van der Waals surface area contributed by atoms with Gasteiger partial charge in [-0.2, -0.15) is 0 Å². The highest BCUT2D eigenvalue weighted by molar-refractivity contribution is 6.05. The lowest BCUT2D eigenvalue weighted by atomic mass is 9.94. The van der Waals surface area contributed by atoms with Crippen LogP contribution in [0.2, 0.25) is 0 Å². The SMILES string of the molecule is COc1cc2oc3c(c2cc1/C(C)=C/C(=O)Nc1ccc([N+](=O)[O-])cc1C)CCCC3. The Morgan fingerprint density at radius 2 is 2.00 bits per heavy atom. The first-order chi connectivity index (χ1) is 14.9. The van der Waals surface area contributed by atoms with Crippen molar-refractivity contribution in [1.29, 1.82) is 0 Å². The number of nitrogens with zero attached hydrogens (tertiary/aromatic N) is 1. The molecule has 1 aromatic heterocycles. The number of aryl methyl sites for hydroxylation is 3. The van der Waals surface area contributed by atoms with Crippen molar-refractivity contribution in [2.45, 2.75) is 39.5 Å². The molecule has 1 aliphatic rings. The highest BCUT2D eigenvalue weighted by Gasteiger charge is 2.20. The minimum atomic E-state index is -0.459. The molecule has 0 saturated carbocycles. The number of carbonyl (C=O) groups is 1. The third kappa shape index (κ3) is 4.03. The summed E-state index contributed by atoms with van der Waals surface area (Å²) in [4.78, 5) is 23.1. The molecule has 3 aromatic rings. The minimum absolute atomic E-state index is 0.0105. The summed E-state index contributed by atoms with van der Waals surface area (Å²) in [7, 11) is 1.60. The molecule has 0 radical (unpaired) electrons. The number of fused-ring (bicyclic) bond motifs is 3. The number of anilines is 1. The molecule has 0 saturated heterocycles. The molecule has 1 N–H and O–H groups in total. The average Bonchev–Trinajstić information content (AvgIpc) is 3.11. The van der Waals surface area contributed by atoms with Crippen molar-refractivity contribution in [3.8, 4) is 5.75 Å². The van der Waals surface area contributed by atoms with E-state index in [9.17, 15) is 14.9 Å². The van der Waals surface area contributed by atoms with Gasteiger partial charge in [0.2, 0.25) is 5.91 Å². The van der Waals surface area contributed by atoms with Gasteiger partial charge in [-0.15, -0.1) is 0 Å². The Labute approximate surface area is 179 Å². The van der Waals surface area contributed by atoms with E-state index in [1.807, 2.05) is 19.1 Å². The van der Waals surface area contributed by atoms with E-state index in [0.29, 0.717) is 17.0 Å². The van der Waals surface area contributed by atoms with Crippen molar-refractivity contribution in [1.82, 2.24) is 0 Å². The molecule has 0 atom stereocenters. The van der Waals surface area contributed by atoms with Crippen molar-refractivity contribution < 1.29 is 18.9 Å². The number of hydrogen-bond acceptors (Lipinski definition) is 5. The molecule has 0 bridgehead atoms. The van der Waals surface area contributed by atoms with Crippen LogP contribution in [0.3, 0.4) is 0 Å². The molecule has 31 heavy (non-hydrogen) atoms. The summed E-state index contributed by atoms with van der Waals surface area (Å²) in [5.74, 6) is 1.38. The number of nitrogens with one attached hydrogen (secondary N) is 1. The lowest BCUT2D eigenvalue weighted by molar-refractivity contribution is -0.384. The van der Waals surface area contributed by atoms with E-state index in [-0.39, 0.29) is 11.6 Å². The third-order valence-corrected chi connectivity index (χ3v) is 5.73. The summed E-state index contributed by atoms with van der Waals surface area (Å²) >= 11 is 0. The summed E-state index contributed by atoms with van der Waals surface area (Å²) in [6, 6.07) is 8.28. The summed E-state index contributed by atoms with van der Waals surface area (Å²) in [6.45, 7) is 3.58. The number of amides is 1. The summed E-state index contributed by atoms with van der Waals surface area (Å²) in [5, 5.41) is 14.8. The van der Waals surface area contributed by atoms with Crippen LogP contribution in [0.5, 0.6) is 5.75 Å². The fourth-order valence-corrected chi connectivity index (χ4v) is 4.11. The Morgan fingerprint density at radius 3 is 2.71 bits per heavy atom. The Balaban J connectivity index is 1.64. The largest absolute Gasteiger partial charge is 0.496 e. The van der Waals surface area contributed by atoms with Gasteiger partial charge in [-0.1, -0.05) is 0 Å². The maximum absolute atomic E-state index is 12.6. The molecule has 160 valence electrons. The standard InChI is InChI=1S/C24H24N2O5/c1-14(11-24(27)25-20-9-8-16(26(28)29)10-15(20)2)18-12-19-17-6-4-5-7-21(17)31-23(19)13-22(18)30-3/h8-13H,4-7H2,1-3H3,(H,25,27)/b14-11+. The molecule has 7 heteroatoms. The fourth-order valence-electron chi connectivity index (χ4n) is 4.11. The lowest BCUT2D eigenvalue weighted by Gasteiger charge is -2.11. The van der Waals surface area contributed by atoms with E-state index in [2.05, 4.69) is 5.32 Å². The van der Waals surface area contributed by atoms with Crippen molar-refractivity contribution in [2.24, 2.45) is 0 Å². The zero-order valence-corrected chi connectivity index (χ0v) is 17.8. The fraction of sp³-hybridized carbons (Fsp3) is 0.292. The Hall–Kier alpha value is -3.61. The van der Waals surface area contributed by atoms with Crippen molar-refractivity contribution >= 4 is 33.8 Å². The van der Waals surface area contributed by atoms with Gasteiger partial charge >= 0.3 is 0 Å². The number of carbonyl (C=O) groups excluding carboxylic acids is 1. The number of non-ortho nitro benzene ring substituents is 1. The normalized spacial score (nSPS) is 13.7. The van der Waals surface area contributed by atoms with Gasteiger partial charge in [-0.3, -0.25) is 14.9 Å². The molecule has 1 amide bonds. The molecule has 4 rings (SSSR count). The van der Waals surface area contributed by atoms with Crippen molar-refractivity contribution in [3.63, 3.8) is 0 Å². The minimum Gasteiger partial charge on any atom is -0.496 e. The number of ether oxygens (including phenoxy) is 1. The van der Waals surface area contributed by atoms with Crippen LogP contribution in [0.15, 0.2) is 40.8 Å². The molecule has 2 aromatic carbocycles. The average molecular weight is 420 g/mol. The molecule has 1 heterocycles. The molecule has 7 nitrogen and oxygen atoms in total.